The Morgan fingerprint density at radius 3 is 2.65 bits per heavy atom. The number of hydrogen-bond donors (Lipinski definition) is 1. The highest BCUT2D eigenvalue weighted by Crippen LogP contribution is 2.20. The van der Waals surface area contributed by atoms with E-state index in [2.05, 4.69) is 32.2 Å². The van der Waals surface area contributed by atoms with Gasteiger partial charge in [-0.1, -0.05) is 13.3 Å². The molecule has 1 aromatic rings. The number of rotatable bonds is 9. The third-order valence-corrected chi connectivity index (χ3v) is 3.75. The summed E-state index contributed by atoms with van der Waals surface area (Å²) in [5, 5.41) is 3.47. The molecule has 17 heavy (non-hydrogen) atoms. The Bertz CT molecular complexity index is 309. The van der Waals surface area contributed by atoms with Crippen molar-refractivity contribution in [2.75, 3.05) is 19.8 Å². The van der Waals surface area contributed by atoms with Crippen LogP contribution in [-0.4, -0.2) is 19.8 Å². The van der Waals surface area contributed by atoms with Crippen molar-refractivity contribution >= 4 is 11.3 Å². The first-order valence-corrected chi connectivity index (χ1v) is 7.40. The zero-order valence-corrected chi connectivity index (χ0v) is 12.2. The molecule has 1 heterocycles. The molecule has 0 spiro atoms. The molecule has 98 valence electrons. The van der Waals surface area contributed by atoms with Crippen LogP contribution in [0.5, 0.6) is 0 Å². The molecule has 0 aliphatic heterocycles. The summed E-state index contributed by atoms with van der Waals surface area (Å²) in [6.07, 6.45) is 3.50. The molecule has 0 aliphatic rings. The van der Waals surface area contributed by atoms with Crippen molar-refractivity contribution in [1.82, 2.24) is 5.32 Å². The molecule has 0 fully saturated rings. The molecule has 0 saturated heterocycles. The van der Waals surface area contributed by atoms with E-state index in [1.165, 1.54) is 28.2 Å². The smallest absolute Gasteiger partial charge is 0.0478 e. The van der Waals surface area contributed by atoms with Gasteiger partial charge in [0, 0.05) is 29.5 Å². The summed E-state index contributed by atoms with van der Waals surface area (Å²) in [4.78, 5) is 2.84. The zero-order chi connectivity index (χ0) is 12.5. The van der Waals surface area contributed by atoms with E-state index in [4.69, 9.17) is 4.74 Å². The van der Waals surface area contributed by atoms with Crippen LogP contribution < -0.4 is 5.32 Å². The summed E-state index contributed by atoms with van der Waals surface area (Å²) < 4.78 is 5.52. The summed E-state index contributed by atoms with van der Waals surface area (Å²) >= 11 is 1.88. The highest BCUT2D eigenvalue weighted by Gasteiger charge is 2.01. The van der Waals surface area contributed by atoms with Crippen LogP contribution in [0.4, 0.5) is 0 Å². The molecule has 0 radical (unpaired) electrons. The maximum absolute atomic E-state index is 5.52. The first kappa shape index (κ1) is 14.7. The molecule has 0 unspecified atom stereocenters. The maximum atomic E-state index is 5.52. The fourth-order valence-corrected chi connectivity index (χ4v) is 2.68. The largest absolute Gasteiger partial charge is 0.381 e. The minimum Gasteiger partial charge on any atom is -0.381 e. The molecule has 2 nitrogen and oxygen atoms in total. The third kappa shape index (κ3) is 6.20. The third-order valence-electron chi connectivity index (χ3n) is 2.74. The van der Waals surface area contributed by atoms with Gasteiger partial charge in [0.15, 0.2) is 0 Å². The number of hydrogen-bond acceptors (Lipinski definition) is 3. The van der Waals surface area contributed by atoms with E-state index in [0.29, 0.717) is 0 Å². The van der Waals surface area contributed by atoms with Gasteiger partial charge in [-0.05, 0) is 44.9 Å². The van der Waals surface area contributed by atoms with Crippen LogP contribution in [-0.2, 0) is 11.3 Å². The predicted molar refractivity (Wildman–Crippen MR) is 75.8 cm³/mol. The maximum Gasteiger partial charge on any atom is 0.0478 e. The lowest BCUT2D eigenvalue weighted by atomic mass is 10.2. The predicted octanol–water partition coefficient (Wildman–Crippen LogP) is 3.66. The van der Waals surface area contributed by atoms with E-state index in [0.717, 1.165) is 32.7 Å². The first-order chi connectivity index (χ1) is 8.24. The molecule has 0 amide bonds. The lowest BCUT2D eigenvalue weighted by molar-refractivity contribution is 0.129. The number of thiophene rings is 1. The Labute approximate surface area is 109 Å². The molecule has 0 aromatic carbocycles. The van der Waals surface area contributed by atoms with Gasteiger partial charge in [0.1, 0.15) is 0 Å². The molecule has 0 aliphatic carbocycles. The number of aryl methyl sites for hydroxylation is 2. The molecule has 0 saturated carbocycles. The van der Waals surface area contributed by atoms with Crippen LogP contribution in [0, 0.1) is 13.8 Å². The summed E-state index contributed by atoms with van der Waals surface area (Å²) in [6.45, 7) is 10.4. The van der Waals surface area contributed by atoms with Crippen LogP contribution in [0.25, 0.3) is 0 Å². The normalized spacial score (nSPS) is 11.0. The molecule has 1 aromatic heterocycles. The number of nitrogens with one attached hydrogen (secondary N) is 1. The first-order valence-electron chi connectivity index (χ1n) is 6.58. The SMILES string of the molecule is CCCCOCCCNCc1cc(C)sc1C. The molecule has 3 heteroatoms. The van der Waals surface area contributed by atoms with Crippen molar-refractivity contribution < 1.29 is 4.74 Å². The van der Waals surface area contributed by atoms with Gasteiger partial charge in [-0.15, -0.1) is 11.3 Å². The van der Waals surface area contributed by atoms with Crippen LogP contribution >= 0.6 is 11.3 Å². The van der Waals surface area contributed by atoms with Crippen molar-refractivity contribution in [3.8, 4) is 0 Å². The average Bonchev–Trinajstić information content (AvgIpc) is 2.61. The summed E-state index contributed by atoms with van der Waals surface area (Å²) in [5.74, 6) is 0. The number of ether oxygens (including phenoxy) is 1. The molecular formula is C14H25NOS. The van der Waals surface area contributed by atoms with Crippen LogP contribution in [0.1, 0.15) is 41.5 Å². The quantitative estimate of drug-likeness (QED) is 0.680. The van der Waals surface area contributed by atoms with Gasteiger partial charge < -0.3 is 10.1 Å². The van der Waals surface area contributed by atoms with E-state index in [9.17, 15) is 0 Å². The van der Waals surface area contributed by atoms with Gasteiger partial charge in [-0.3, -0.25) is 0 Å². The number of unbranched alkanes of at least 4 members (excludes halogenated alkanes) is 1. The molecular weight excluding hydrogens is 230 g/mol. The molecule has 0 bridgehead atoms. The van der Waals surface area contributed by atoms with Gasteiger partial charge in [0.25, 0.3) is 0 Å². The lowest BCUT2D eigenvalue weighted by Crippen LogP contribution is -2.16. The zero-order valence-electron chi connectivity index (χ0n) is 11.3. The highest BCUT2D eigenvalue weighted by atomic mass is 32.1. The molecule has 1 rings (SSSR count). The Kier molecular flexibility index (Phi) is 7.49. The van der Waals surface area contributed by atoms with Crippen LogP contribution in [0.3, 0.4) is 0 Å². The lowest BCUT2D eigenvalue weighted by Gasteiger charge is -2.05. The minimum atomic E-state index is 0.884. The Balaban J connectivity index is 1.99. The molecule has 0 atom stereocenters. The van der Waals surface area contributed by atoms with E-state index >= 15 is 0 Å². The van der Waals surface area contributed by atoms with Gasteiger partial charge >= 0.3 is 0 Å². The second-order valence-corrected chi connectivity index (χ2v) is 5.90. The fourth-order valence-electron chi connectivity index (χ4n) is 1.73. The van der Waals surface area contributed by atoms with Gasteiger partial charge in [-0.2, -0.15) is 0 Å². The van der Waals surface area contributed by atoms with Crippen molar-refractivity contribution in [1.29, 1.82) is 0 Å². The van der Waals surface area contributed by atoms with Crippen molar-refractivity contribution in [3.05, 3.63) is 21.4 Å². The van der Waals surface area contributed by atoms with E-state index < -0.39 is 0 Å². The summed E-state index contributed by atoms with van der Waals surface area (Å²) in [7, 11) is 0. The highest BCUT2D eigenvalue weighted by molar-refractivity contribution is 7.12. The van der Waals surface area contributed by atoms with Gasteiger partial charge in [-0.25, -0.2) is 0 Å². The topological polar surface area (TPSA) is 21.3 Å². The monoisotopic (exact) mass is 255 g/mol. The Morgan fingerprint density at radius 2 is 2.00 bits per heavy atom. The van der Waals surface area contributed by atoms with Gasteiger partial charge in [0.2, 0.25) is 0 Å². The van der Waals surface area contributed by atoms with Crippen LogP contribution in [0.2, 0.25) is 0 Å². The second-order valence-electron chi connectivity index (χ2n) is 4.43. The van der Waals surface area contributed by atoms with Crippen molar-refractivity contribution in [2.45, 2.75) is 46.6 Å². The van der Waals surface area contributed by atoms with E-state index in [1.54, 1.807) is 0 Å². The average molecular weight is 255 g/mol. The van der Waals surface area contributed by atoms with E-state index in [1.807, 2.05) is 11.3 Å². The van der Waals surface area contributed by atoms with E-state index in [-0.39, 0.29) is 0 Å². The van der Waals surface area contributed by atoms with Gasteiger partial charge in [0.05, 0.1) is 0 Å². The Hall–Kier alpha value is -0.380. The van der Waals surface area contributed by atoms with Crippen LogP contribution in [0.15, 0.2) is 6.07 Å². The van der Waals surface area contributed by atoms with Crippen molar-refractivity contribution in [2.24, 2.45) is 0 Å². The summed E-state index contributed by atoms with van der Waals surface area (Å²) in [6, 6.07) is 2.28. The second kappa shape index (κ2) is 8.67. The minimum absolute atomic E-state index is 0.884. The molecule has 1 N–H and O–H groups in total. The summed E-state index contributed by atoms with van der Waals surface area (Å²) in [5.41, 5.74) is 1.44. The standard InChI is InChI=1S/C14H25NOS/c1-4-5-8-16-9-6-7-15-11-14-10-12(2)17-13(14)3/h10,15H,4-9,11H2,1-3H3. The van der Waals surface area contributed by atoms with Crippen molar-refractivity contribution in [3.63, 3.8) is 0 Å². The Morgan fingerprint density at radius 1 is 1.24 bits per heavy atom. The fraction of sp³-hybridized carbons (Fsp3) is 0.714.